The Morgan fingerprint density at radius 1 is 1.25 bits per heavy atom. The summed E-state index contributed by atoms with van der Waals surface area (Å²) < 4.78 is 93.2. The summed E-state index contributed by atoms with van der Waals surface area (Å²) in [4.78, 5) is -0.840. The summed E-state index contributed by atoms with van der Waals surface area (Å²) in [6.07, 6.45) is -3.21. The van der Waals surface area contributed by atoms with Crippen molar-refractivity contribution in [1.29, 1.82) is 0 Å². The largest absolute Gasteiger partial charge is 0.436 e. The van der Waals surface area contributed by atoms with E-state index in [0.29, 0.717) is 25.0 Å². The van der Waals surface area contributed by atoms with Crippen molar-refractivity contribution in [3.8, 4) is 0 Å². The van der Waals surface area contributed by atoms with Crippen LogP contribution in [-0.2, 0) is 22.7 Å². The van der Waals surface area contributed by atoms with Crippen LogP contribution in [0.15, 0.2) is 23.1 Å². The highest BCUT2D eigenvalue weighted by Crippen LogP contribution is 2.46. The summed E-state index contributed by atoms with van der Waals surface area (Å²) in [6.45, 7) is -0.225. The maximum Gasteiger partial charge on any atom is 0.436 e. The van der Waals surface area contributed by atoms with Gasteiger partial charge in [-0.15, -0.1) is 0 Å². The number of aromatic nitrogens is 2. The Morgan fingerprint density at radius 2 is 1.93 bits per heavy atom. The van der Waals surface area contributed by atoms with E-state index in [9.17, 15) is 30.4 Å². The summed E-state index contributed by atoms with van der Waals surface area (Å²) in [5.41, 5.74) is -0.883. The molecule has 3 rings (SSSR count). The van der Waals surface area contributed by atoms with Gasteiger partial charge in [0.05, 0.1) is 10.7 Å². The number of halogens is 6. The van der Waals surface area contributed by atoms with E-state index >= 15 is 0 Å². The van der Waals surface area contributed by atoms with Crippen molar-refractivity contribution in [3.05, 3.63) is 46.2 Å². The fourth-order valence-electron chi connectivity index (χ4n) is 2.75. The number of benzene rings is 1. The van der Waals surface area contributed by atoms with Crippen molar-refractivity contribution in [3.63, 3.8) is 0 Å². The molecule has 1 aliphatic rings. The molecule has 0 unspecified atom stereocenters. The van der Waals surface area contributed by atoms with E-state index in [1.54, 1.807) is 0 Å². The molecule has 0 radical (unpaired) electrons. The van der Waals surface area contributed by atoms with Crippen molar-refractivity contribution in [2.75, 3.05) is 6.54 Å². The maximum absolute atomic E-state index is 13.6. The fraction of sp³-hybridized carbons (Fsp3) is 0.438. The van der Waals surface area contributed by atoms with Crippen LogP contribution in [0.1, 0.15) is 36.6 Å². The second-order valence-electron chi connectivity index (χ2n) is 6.37. The molecule has 0 atom stereocenters. The quantitative estimate of drug-likeness (QED) is 0.518. The highest BCUT2D eigenvalue weighted by atomic mass is 35.5. The highest BCUT2D eigenvalue weighted by Gasteiger charge is 2.41. The summed E-state index contributed by atoms with van der Waals surface area (Å²) in [5, 5.41) is 3.10. The van der Waals surface area contributed by atoms with E-state index in [0.717, 1.165) is 10.7 Å². The number of sulfonamides is 1. The lowest BCUT2D eigenvalue weighted by atomic mass is 10.2. The molecule has 1 fully saturated rings. The third kappa shape index (κ3) is 4.47. The normalized spacial score (nSPS) is 15.2. The van der Waals surface area contributed by atoms with E-state index in [2.05, 4.69) is 9.82 Å². The molecular weight excluding hydrogens is 429 g/mol. The van der Waals surface area contributed by atoms with Gasteiger partial charge in [0, 0.05) is 19.0 Å². The molecule has 0 aliphatic heterocycles. The van der Waals surface area contributed by atoms with Gasteiger partial charge >= 0.3 is 6.18 Å². The fourth-order valence-corrected chi connectivity index (χ4v) is 4.31. The smallest absolute Gasteiger partial charge is 0.267 e. The summed E-state index contributed by atoms with van der Waals surface area (Å²) in [5.74, 6) is -2.13. The predicted molar refractivity (Wildman–Crippen MR) is 90.4 cm³/mol. The Labute approximate surface area is 162 Å². The Hall–Kier alpha value is -1.72. The van der Waals surface area contributed by atoms with E-state index in [1.165, 1.54) is 0 Å². The molecule has 0 saturated heterocycles. The number of nitrogens with one attached hydrogen (secondary N) is 1. The lowest BCUT2D eigenvalue weighted by Crippen LogP contribution is -2.26. The minimum atomic E-state index is -4.69. The molecule has 0 spiro atoms. The molecule has 1 aromatic heterocycles. The molecule has 154 valence electrons. The van der Waals surface area contributed by atoms with Crippen molar-refractivity contribution in [2.45, 2.75) is 42.8 Å². The van der Waals surface area contributed by atoms with Crippen LogP contribution in [0.2, 0.25) is 5.02 Å². The van der Waals surface area contributed by atoms with Gasteiger partial charge in [-0.05, 0) is 37.5 Å². The molecule has 28 heavy (non-hydrogen) atoms. The number of aryl methyl sites for hydroxylation is 1. The lowest BCUT2D eigenvalue weighted by molar-refractivity contribution is -0.141. The van der Waals surface area contributed by atoms with Crippen LogP contribution in [0.25, 0.3) is 0 Å². The molecule has 0 amide bonds. The zero-order chi connectivity index (χ0) is 20.7. The van der Waals surface area contributed by atoms with Crippen LogP contribution in [0.4, 0.5) is 22.0 Å². The van der Waals surface area contributed by atoms with Crippen molar-refractivity contribution in [1.82, 2.24) is 14.5 Å². The van der Waals surface area contributed by atoms with E-state index in [1.807, 2.05) is 0 Å². The van der Waals surface area contributed by atoms with Gasteiger partial charge in [-0.1, -0.05) is 11.6 Å². The molecule has 12 heteroatoms. The Kier molecular flexibility index (Phi) is 5.70. The minimum absolute atomic E-state index is 0.0181. The average molecular weight is 444 g/mol. The second-order valence-corrected chi connectivity index (χ2v) is 8.48. The second kappa shape index (κ2) is 7.60. The van der Waals surface area contributed by atoms with Crippen LogP contribution in [0, 0.1) is 11.6 Å². The third-order valence-electron chi connectivity index (χ3n) is 4.19. The van der Waals surface area contributed by atoms with Crippen molar-refractivity contribution >= 4 is 21.6 Å². The summed E-state index contributed by atoms with van der Waals surface area (Å²) in [6, 6.07) is 2.02. The number of hydrogen-bond donors (Lipinski definition) is 1. The monoisotopic (exact) mass is 443 g/mol. The van der Waals surface area contributed by atoms with Gasteiger partial charge in [0.1, 0.15) is 16.5 Å². The van der Waals surface area contributed by atoms with E-state index < -0.39 is 43.4 Å². The number of hydrogen-bond acceptors (Lipinski definition) is 3. The molecule has 2 aromatic rings. The van der Waals surface area contributed by atoms with E-state index in [-0.39, 0.29) is 31.1 Å². The first-order valence-corrected chi connectivity index (χ1v) is 10.1. The van der Waals surface area contributed by atoms with Gasteiger partial charge in [-0.3, -0.25) is 4.68 Å². The summed E-state index contributed by atoms with van der Waals surface area (Å²) in [7, 11) is -4.31. The van der Waals surface area contributed by atoms with Gasteiger partial charge in [0.15, 0.2) is 5.69 Å². The Morgan fingerprint density at radius 3 is 2.54 bits per heavy atom. The molecule has 1 aromatic carbocycles. The standard InChI is InChI=1S/C16H15ClF5N3O2S/c17-13-14(9-2-3-9)25(24-15(13)16(20,21)22)7-1-6-23-28(26,27)12-8-10(18)4-5-11(12)19/h4-5,8-9,23H,1-3,6-7H2. The van der Waals surface area contributed by atoms with Gasteiger partial charge in [0.25, 0.3) is 0 Å². The molecule has 1 aliphatic carbocycles. The minimum Gasteiger partial charge on any atom is -0.267 e. The van der Waals surface area contributed by atoms with Crippen molar-refractivity contribution in [2.24, 2.45) is 0 Å². The van der Waals surface area contributed by atoms with Crippen LogP contribution in [0.5, 0.6) is 0 Å². The maximum atomic E-state index is 13.6. The SMILES string of the molecule is O=S(=O)(NCCCn1nc(C(F)(F)F)c(Cl)c1C1CC1)c1cc(F)ccc1F. The molecule has 5 nitrogen and oxygen atoms in total. The number of alkyl halides is 3. The van der Waals surface area contributed by atoms with Crippen LogP contribution >= 0.6 is 11.6 Å². The van der Waals surface area contributed by atoms with E-state index in [4.69, 9.17) is 11.6 Å². The van der Waals surface area contributed by atoms with Gasteiger partial charge in [-0.25, -0.2) is 21.9 Å². The number of rotatable bonds is 7. The lowest BCUT2D eigenvalue weighted by Gasteiger charge is -2.09. The first kappa shape index (κ1) is 21.0. The number of nitrogens with zero attached hydrogens (tertiary/aromatic N) is 2. The Bertz CT molecular complexity index is 987. The van der Waals surface area contributed by atoms with Gasteiger partial charge in [-0.2, -0.15) is 18.3 Å². The summed E-state index contributed by atoms with van der Waals surface area (Å²) >= 11 is 5.85. The molecule has 1 N–H and O–H groups in total. The first-order chi connectivity index (χ1) is 13.0. The van der Waals surface area contributed by atoms with Crippen molar-refractivity contribution < 1.29 is 30.4 Å². The predicted octanol–water partition coefficient (Wildman–Crippen LogP) is 4.08. The van der Waals surface area contributed by atoms with Gasteiger partial charge < -0.3 is 0 Å². The molecule has 1 saturated carbocycles. The molecular formula is C16H15ClF5N3O2S. The average Bonchev–Trinajstić information content (AvgIpc) is 3.36. The molecule has 1 heterocycles. The van der Waals surface area contributed by atoms with Gasteiger partial charge in [0.2, 0.25) is 10.0 Å². The highest BCUT2D eigenvalue weighted by molar-refractivity contribution is 7.89. The van der Waals surface area contributed by atoms with Crippen LogP contribution < -0.4 is 4.72 Å². The first-order valence-electron chi connectivity index (χ1n) is 8.29. The van der Waals surface area contributed by atoms with Crippen LogP contribution in [0.3, 0.4) is 0 Å². The Balaban J connectivity index is 1.68. The zero-order valence-electron chi connectivity index (χ0n) is 14.2. The molecule has 0 bridgehead atoms. The topological polar surface area (TPSA) is 64.0 Å². The zero-order valence-corrected chi connectivity index (χ0v) is 15.8. The third-order valence-corrected chi connectivity index (χ3v) is 6.03. The van der Waals surface area contributed by atoms with Crippen LogP contribution in [-0.4, -0.2) is 24.7 Å².